The van der Waals surface area contributed by atoms with Gasteiger partial charge in [-0.05, 0) is 26.0 Å². The first-order valence-electron chi connectivity index (χ1n) is 8.88. The van der Waals surface area contributed by atoms with Crippen molar-refractivity contribution in [2.45, 2.75) is 18.7 Å². The molecule has 1 aliphatic rings. The lowest BCUT2D eigenvalue weighted by atomic mass is 10.2. The van der Waals surface area contributed by atoms with Crippen LogP contribution >= 0.6 is 11.8 Å². The van der Waals surface area contributed by atoms with Gasteiger partial charge >= 0.3 is 5.97 Å². The SMILES string of the molecule is CCOC(=O)CSCC(=O)N1CCN(S(=O)(=O)c2ccc(C(C)=O)cc2)CC1. The Bertz CT molecular complexity index is 815. The van der Waals surface area contributed by atoms with Crippen molar-refractivity contribution in [3.8, 4) is 0 Å². The summed E-state index contributed by atoms with van der Waals surface area (Å²) >= 11 is 1.18. The number of ether oxygens (including phenoxy) is 1. The number of sulfonamides is 1. The molecule has 0 unspecified atom stereocenters. The molecule has 1 aromatic rings. The van der Waals surface area contributed by atoms with E-state index in [-0.39, 0.29) is 47.2 Å². The fourth-order valence-corrected chi connectivity index (χ4v) is 4.84. The second-order valence-corrected chi connectivity index (χ2v) is 9.09. The predicted octanol–water partition coefficient (Wildman–Crippen LogP) is 1.02. The van der Waals surface area contributed by atoms with Crippen LogP contribution in [0.25, 0.3) is 0 Å². The summed E-state index contributed by atoms with van der Waals surface area (Å²) < 4.78 is 31.6. The first kappa shape index (κ1) is 22.4. The number of amides is 1. The molecular formula is C18H24N2O6S2. The lowest BCUT2D eigenvalue weighted by molar-refractivity contribution is -0.139. The van der Waals surface area contributed by atoms with Crippen molar-refractivity contribution in [3.63, 3.8) is 0 Å². The Labute approximate surface area is 169 Å². The molecule has 0 saturated carbocycles. The summed E-state index contributed by atoms with van der Waals surface area (Å²) in [7, 11) is -3.67. The van der Waals surface area contributed by atoms with Crippen LogP contribution in [-0.2, 0) is 24.3 Å². The fourth-order valence-electron chi connectivity index (χ4n) is 2.70. The maximum Gasteiger partial charge on any atom is 0.315 e. The standard InChI is InChI=1S/C18H24N2O6S2/c1-3-26-18(23)13-27-12-17(22)19-8-10-20(11-9-19)28(24,25)16-6-4-15(5-7-16)14(2)21/h4-7H,3,8-13H2,1-2H3. The van der Waals surface area contributed by atoms with Crippen molar-refractivity contribution >= 4 is 39.4 Å². The second kappa shape index (κ2) is 10.0. The summed E-state index contributed by atoms with van der Waals surface area (Å²) in [6, 6.07) is 5.84. The van der Waals surface area contributed by atoms with Gasteiger partial charge in [0, 0.05) is 31.7 Å². The largest absolute Gasteiger partial charge is 0.465 e. The molecule has 0 bridgehead atoms. The molecule has 1 aromatic carbocycles. The molecule has 1 amide bonds. The highest BCUT2D eigenvalue weighted by atomic mass is 32.2. The lowest BCUT2D eigenvalue weighted by Crippen LogP contribution is -2.51. The number of hydrogen-bond acceptors (Lipinski definition) is 7. The number of rotatable bonds is 8. The van der Waals surface area contributed by atoms with Crippen LogP contribution in [0.1, 0.15) is 24.2 Å². The van der Waals surface area contributed by atoms with Crippen LogP contribution in [0.15, 0.2) is 29.2 Å². The van der Waals surface area contributed by atoms with E-state index in [1.165, 1.54) is 47.3 Å². The van der Waals surface area contributed by atoms with Gasteiger partial charge in [-0.2, -0.15) is 4.31 Å². The number of nitrogens with zero attached hydrogens (tertiary/aromatic N) is 2. The summed E-state index contributed by atoms with van der Waals surface area (Å²) in [5.74, 6) is -0.344. The molecule has 0 N–H and O–H groups in total. The van der Waals surface area contributed by atoms with Gasteiger partial charge < -0.3 is 9.64 Å². The predicted molar refractivity (Wildman–Crippen MR) is 106 cm³/mol. The Morgan fingerprint density at radius 3 is 2.18 bits per heavy atom. The van der Waals surface area contributed by atoms with E-state index in [0.717, 1.165) is 0 Å². The third kappa shape index (κ3) is 5.79. The van der Waals surface area contributed by atoms with E-state index in [1.54, 1.807) is 11.8 Å². The number of esters is 1. The van der Waals surface area contributed by atoms with Crippen LogP contribution in [0.5, 0.6) is 0 Å². The van der Waals surface area contributed by atoms with Crippen LogP contribution in [0, 0.1) is 0 Å². The quantitative estimate of drug-likeness (QED) is 0.450. The topological polar surface area (TPSA) is 101 Å². The number of carbonyl (C=O) groups excluding carboxylic acids is 3. The molecule has 1 heterocycles. The highest BCUT2D eigenvalue weighted by Gasteiger charge is 2.30. The van der Waals surface area contributed by atoms with Crippen molar-refractivity contribution in [2.24, 2.45) is 0 Å². The molecule has 1 aliphatic heterocycles. The maximum absolute atomic E-state index is 12.7. The Balaban J connectivity index is 1.87. The van der Waals surface area contributed by atoms with Gasteiger partial charge in [-0.3, -0.25) is 14.4 Å². The summed E-state index contributed by atoms with van der Waals surface area (Å²) in [5.41, 5.74) is 0.453. The van der Waals surface area contributed by atoms with Gasteiger partial charge in [0.25, 0.3) is 0 Å². The number of piperazine rings is 1. The van der Waals surface area contributed by atoms with E-state index in [9.17, 15) is 22.8 Å². The number of ketones is 1. The highest BCUT2D eigenvalue weighted by Crippen LogP contribution is 2.19. The van der Waals surface area contributed by atoms with Crippen LogP contribution in [0.3, 0.4) is 0 Å². The molecule has 0 aromatic heterocycles. The first-order valence-corrected chi connectivity index (χ1v) is 11.5. The molecule has 0 spiro atoms. The minimum atomic E-state index is -3.67. The molecule has 154 valence electrons. The van der Waals surface area contributed by atoms with Gasteiger partial charge in [0.1, 0.15) is 0 Å². The molecule has 1 saturated heterocycles. The van der Waals surface area contributed by atoms with Gasteiger partial charge in [-0.1, -0.05) is 12.1 Å². The minimum Gasteiger partial charge on any atom is -0.465 e. The van der Waals surface area contributed by atoms with Gasteiger partial charge in [0.15, 0.2) is 5.78 Å². The molecule has 8 nitrogen and oxygen atoms in total. The zero-order chi connectivity index (χ0) is 20.7. The van der Waals surface area contributed by atoms with Gasteiger partial charge in [-0.15, -0.1) is 11.8 Å². The Hall–Kier alpha value is -1.91. The molecule has 0 radical (unpaired) electrons. The van der Waals surface area contributed by atoms with Gasteiger partial charge in [-0.25, -0.2) is 8.42 Å². The van der Waals surface area contributed by atoms with Crippen LogP contribution < -0.4 is 0 Å². The minimum absolute atomic E-state index is 0.115. The first-order chi connectivity index (χ1) is 13.3. The van der Waals surface area contributed by atoms with Gasteiger partial charge in [0.2, 0.25) is 15.9 Å². The summed E-state index contributed by atoms with van der Waals surface area (Å²) in [6.45, 7) is 4.44. The molecule has 0 aliphatic carbocycles. The number of hydrogen-bond donors (Lipinski definition) is 0. The molecule has 0 atom stereocenters. The lowest BCUT2D eigenvalue weighted by Gasteiger charge is -2.34. The highest BCUT2D eigenvalue weighted by molar-refractivity contribution is 8.00. The van der Waals surface area contributed by atoms with Crippen molar-refractivity contribution in [1.29, 1.82) is 0 Å². The van der Waals surface area contributed by atoms with Crippen LogP contribution in [0.2, 0.25) is 0 Å². The summed E-state index contributed by atoms with van der Waals surface area (Å²) in [4.78, 5) is 36.6. The summed E-state index contributed by atoms with van der Waals surface area (Å²) in [6.07, 6.45) is 0. The summed E-state index contributed by atoms with van der Waals surface area (Å²) in [5, 5.41) is 0. The zero-order valence-corrected chi connectivity index (χ0v) is 17.6. The molecule has 2 rings (SSSR count). The smallest absolute Gasteiger partial charge is 0.315 e. The molecule has 10 heteroatoms. The van der Waals surface area contributed by atoms with E-state index in [4.69, 9.17) is 4.74 Å². The van der Waals surface area contributed by atoms with Gasteiger partial charge in [0.05, 0.1) is 23.0 Å². The van der Waals surface area contributed by atoms with Crippen LogP contribution in [0.4, 0.5) is 0 Å². The fraction of sp³-hybridized carbons (Fsp3) is 0.500. The number of Topliss-reactive ketones (excluding diaryl/α,β-unsaturated/α-hetero) is 1. The molecule has 28 heavy (non-hydrogen) atoms. The van der Waals surface area contributed by atoms with Crippen molar-refractivity contribution < 1.29 is 27.5 Å². The third-order valence-corrected chi connectivity index (χ3v) is 7.04. The third-order valence-electron chi connectivity index (χ3n) is 4.24. The van der Waals surface area contributed by atoms with E-state index in [2.05, 4.69) is 0 Å². The molecule has 1 fully saturated rings. The van der Waals surface area contributed by atoms with E-state index in [1.807, 2.05) is 0 Å². The van der Waals surface area contributed by atoms with E-state index >= 15 is 0 Å². The van der Waals surface area contributed by atoms with Crippen molar-refractivity contribution in [1.82, 2.24) is 9.21 Å². The molecular weight excluding hydrogens is 404 g/mol. The number of thioether (sulfide) groups is 1. The average molecular weight is 429 g/mol. The van der Waals surface area contributed by atoms with Crippen molar-refractivity contribution in [2.75, 3.05) is 44.3 Å². The zero-order valence-electron chi connectivity index (χ0n) is 15.9. The second-order valence-electron chi connectivity index (χ2n) is 6.16. The Morgan fingerprint density at radius 1 is 1.04 bits per heavy atom. The van der Waals surface area contributed by atoms with Crippen molar-refractivity contribution in [3.05, 3.63) is 29.8 Å². The Kier molecular flexibility index (Phi) is 8.02. The van der Waals surface area contributed by atoms with E-state index in [0.29, 0.717) is 25.3 Å². The van der Waals surface area contributed by atoms with E-state index < -0.39 is 10.0 Å². The maximum atomic E-state index is 12.7. The Morgan fingerprint density at radius 2 is 1.64 bits per heavy atom. The monoisotopic (exact) mass is 428 g/mol. The number of carbonyl (C=O) groups is 3. The average Bonchev–Trinajstić information content (AvgIpc) is 2.68. The van der Waals surface area contributed by atoms with Crippen LogP contribution in [-0.4, -0.2) is 79.6 Å². The normalized spacial score (nSPS) is 15.3. The number of benzene rings is 1.